The predicted molar refractivity (Wildman–Crippen MR) is 71.6 cm³/mol. The molecule has 0 aliphatic carbocycles. The zero-order valence-corrected chi connectivity index (χ0v) is 11.2. The number of hydrogen-bond acceptors (Lipinski definition) is 2. The SMILES string of the molecule is O=C(OC(F)(F)F)N(Cc1ccccc1)c1ccc(F)cc1. The number of anilines is 1. The van der Waals surface area contributed by atoms with Gasteiger partial charge in [-0.05, 0) is 29.8 Å². The van der Waals surface area contributed by atoms with Crippen molar-refractivity contribution in [1.82, 2.24) is 0 Å². The van der Waals surface area contributed by atoms with Gasteiger partial charge in [0.2, 0.25) is 0 Å². The Morgan fingerprint density at radius 1 is 1.00 bits per heavy atom. The van der Waals surface area contributed by atoms with Crippen molar-refractivity contribution in [3.05, 3.63) is 66.0 Å². The van der Waals surface area contributed by atoms with E-state index in [2.05, 4.69) is 4.74 Å². The minimum Gasteiger partial charge on any atom is -0.356 e. The monoisotopic (exact) mass is 313 g/mol. The van der Waals surface area contributed by atoms with Crippen molar-refractivity contribution in [1.29, 1.82) is 0 Å². The van der Waals surface area contributed by atoms with Gasteiger partial charge in [0, 0.05) is 5.69 Å². The van der Waals surface area contributed by atoms with E-state index in [0.29, 0.717) is 5.56 Å². The van der Waals surface area contributed by atoms with Crippen molar-refractivity contribution in [2.75, 3.05) is 4.90 Å². The fraction of sp³-hybridized carbons (Fsp3) is 0.133. The van der Waals surface area contributed by atoms with Gasteiger partial charge >= 0.3 is 12.5 Å². The maximum absolute atomic E-state index is 12.9. The molecule has 0 spiro atoms. The van der Waals surface area contributed by atoms with Crippen LogP contribution in [0.3, 0.4) is 0 Å². The summed E-state index contributed by atoms with van der Waals surface area (Å²) in [7, 11) is 0. The van der Waals surface area contributed by atoms with Crippen LogP contribution in [0.25, 0.3) is 0 Å². The van der Waals surface area contributed by atoms with Gasteiger partial charge in [0.05, 0.1) is 6.54 Å². The third kappa shape index (κ3) is 4.47. The van der Waals surface area contributed by atoms with Crippen molar-refractivity contribution in [2.24, 2.45) is 0 Å². The first-order chi connectivity index (χ1) is 10.3. The Kier molecular flexibility index (Phi) is 4.65. The smallest absolute Gasteiger partial charge is 0.356 e. The summed E-state index contributed by atoms with van der Waals surface area (Å²) in [5, 5.41) is 0. The van der Waals surface area contributed by atoms with Crippen LogP contribution in [0, 0.1) is 5.82 Å². The molecule has 2 rings (SSSR count). The van der Waals surface area contributed by atoms with Crippen molar-refractivity contribution in [2.45, 2.75) is 12.9 Å². The van der Waals surface area contributed by atoms with Crippen LogP contribution >= 0.6 is 0 Å². The Labute approximate surface area is 123 Å². The lowest BCUT2D eigenvalue weighted by Crippen LogP contribution is -2.35. The maximum atomic E-state index is 12.9. The molecular formula is C15H11F4NO2. The van der Waals surface area contributed by atoms with E-state index in [0.717, 1.165) is 17.0 Å². The predicted octanol–water partition coefficient (Wildman–Crippen LogP) is 4.49. The number of carbonyl (C=O) groups excluding carboxylic acids is 1. The molecule has 0 saturated carbocycles. The van der Waals surface area contributed by atoms with E-state index < -0.39 is 18.3 Å². The fourth-order valence-electron chi connectivity index (χ4n) is 1.80. The zero-order valence-electron chi connectivity index (χ0n) is 11.2. The molecule has 0 N–H and O–H groups in total. The highest BCUT2D eigenvalue weighted by Gasteiger charge is 2.36. The average Bonchev–Trinajstić information content (AvgIpc) is 2.45. The summed E-state index contributed by atoms with van der Waals surface area (Å²) in [4.78, 5) is 12.5. The van der Waals surface area contributed by atoms with Gasteiger partial charge in [-0.15, -0.1) is 13.2 Å². The summed E-state index contributed by atoms with van der Waals surface area (Å²) in [6, 6.07) is 12.9. The number of rotatable bonds is 3. The summed E-state index contributed by atoms with van der Waals surface area (Å²) in [6.07, 6.45) is -6.67. The first-order valence-corrected chi connectivity index (χ1v) is 6.22. The molecule has 3 nitrogen and oxygen atoms in total. The zero-order chi connectivity index (χ0) is 16.2. The van der Waals surface area contributed by atoms with Gasteiger partial charge in [-0.2, -0.15) is 0 Å². The third-order valence-electron chi connectivity index (χ3n) is 2.75. The van der Waals surface area contributed by atoms with E-state index in [9.17, 15) is 22.4 Å². The van der Waals surface area contributed by atoms with E-state index in [-0.39, 0.29) is 12.2 Å². The molecule has 1 amide bonds. The Bertz CT molecular complexity index is 626. The van der Waals surface area contributed by atoms with Crippen molar-refractivity contribution in [3.8, 4) is 0 Å². The summed E-state index contributed by atoms with van der Waals surface area (Å²) >= 11 is 0. The molecule has 0 aromatic heterocycles. The number of amides is 1. The van der Waals surface area contributed by atoms with Crippen LogP contribution in [-0.2, 0) is 11.3 Å². The van der Waals surface area contributed by atoms with Gasteiger partial charge < -0.3 is 4.74 Å². The van der Waals surface area contributed by atoms with E-state index in [1.165, 1.54) is 12.1 Å². The number of benzene rings is 2. The van der Waals surface area contributed by atoms with Crippen molar-refractivity contribution >= 4 is 11.8 Å². The van der Waals surface area contributed by atoms with Crippen LogP contribution in [0.2, 0.25) is 0 Å². The first kappa shape index (κ1) is 15.8. The number of halogens is 4. The molecule has 7 heteroatoms. The second-order valence-electron chi connectivity index (χ2n) is 4.36. The van der Waals surface area contributed by atoms with Gasteiger partial charge in [-0.1, -0.05) is 30.3 Å². The summed E-state index contributed by atoms with van der Waals surface area (Å²) in [5.74, 6) is -0.562. The Hall–Kier alpha value is -2.57. The van der Waals surface area contributed by atoms with Crippen LogP contribution < -0.4 is 4.90 Å². The lowest BCUT2D eigenvalue weighted by molar-refractivity contribution is -0.290. The van der Waals surface area contributed by atoms with Gasteiger partial charge in [0.15, 0.2) is 0 Å². The Morgan fingerprint density at radius 3 is 2.14 bits per heavy atom. The lowest BCUT2D eigenvalue weighted by atomic mass is 10.2. The number of alkyl halides is 3. The minimum atomic E-state index is -5.09. The van der Waals surface area contributed by atoms with Crippen LogP contribution in [-0.4, -0.2) is 12.5 Å². The normalized spacial score (nSPS) is 11.1. The van der Waals surface area contributed by atoms with Gasteiger partial charge in [-0.25, -0.2) is 9.18 Å². The molecule has 0 radical (unpaired) electrons. The number of carbonyl (C=O) groups is 1. The van der Waals surface area contributed by atoms with Crippen LogP contribution in [0.1, 0.15) is 5.56 Å². The highest BCUT2D eigenvalue weighted by molar-refractivity contribution is 5.87. The molecule has 0 atom stereocenters. The number of hydrogen-bond donors (Lipinski definition) is 0. The molecule has 116 valence electrons. The second-order valence-corrected chi connectivity index (χ2v) is 4.36. The topological polar surface area (TPSA) is 29.5 Å². The molecule has 0 saturated heterocycles. The molecule has 2 aromatic rings. The molecule has 0 heterocycles. The second kappa shape index (κ2) is 6.46. The van der Waals surface area contributed by atoms with Crippen molar-refractivity contribution < 1.29 is 27.1 Å². The number of ether oxygens (including phenoxy) is 1. The van der Waals surface area contributed by atoms with Gasteiger partial charge in [-0.3, -0.25) is 4.90 Å². The quantitative estimate of drug-likeness (QED) is 0.781. The maximum Gasteiger partial charge on any atom is 0.576 e. The van der Waals surface area contributed by atoms with E-state index in [1.54, 1.807) is 30.3 Å². The molecule has 0 unspecified atom stereocenters. The average molecular weight is 313 g/mol. The van der Waals surface area contributed by atoms with Gasteiger partial charge in [0.25, 0.3) is 0 Å². The Balaban J connectivity index is 2.27. The van der Waals surface area contributed by atoms with Gasteiger partial charge in [0.1, 0.15) is 5.82 Å². The van der Waals surface area contributed by atoms with Crippen LogP contribution in [0.5, 0.6) is 0 Å². The summed E-state index contributed by atoms with van der Waals surface area (Å²) < 4.78 is 53.2. The molecule has 22 heavy (non-hydrogen) atoms. The molecule has 0 aliphatic rings. The largest absolute Gasteiger partial charge is 0.576 e. The molecular weight excluding hydrogens is 302 g/mol. The fourth-order valence-corrected chi connectivity index (χ4v) is 1.80. The van der Waals surface area contributed by atoms with E-state index >= 15 is 0 Å². The number of nitrogens with zero attached hydrogens (tertiary/aromatic N) is 1. The van der Waals surface area contributed by atoms with Crippen LogP contribution in [0.4, 0.5) is 28.0 Å². The minimum absolute atomic E-state index is 0.0968. The van der Waals surface area contributed by atoms with E-state index in [4.69, 9.17) is 0 Å². The molecule has 0 aliphatic heterocycles. The van der Waals surface area contributed by atoms with Crippen molar-refractivity contribution in [3.63, 3.8) is 0 Å². The molecule has 2 aromatic carbocycles. The summed E-state index contributed by atoms with van der Waals surface area (Å²) in [6.45, 7) is -0.138. The molecule has 0 bridgehead atoms. The third-order valence-corrected chi connectivity index (χ3v) is 2.75. The standard InChI is InChI=1S/C15H11F4NO2/c16-12-6-8-13(9-7-12)20(14(21)22-15(17,18)19)10-11-4-2-1-3-5-11/h1-9H,10H2. The highest BCUT2D eigenvalue weighted by Crippen LogP contribution is 2.23. The highest BCUT2D eigenvalue weighted by atomic mass is 19.4. The Morgan fingerprint density at radius 2 is 1.59 bits per heavy atom. The van der Waals surface area contributed by atoms with E-state index in [1.807, 2.05) is 0 Å². The lowest BCUT2D eigenvalue weighted by Gasteiger charge is -2.22. The molecule has 0 fully saturated rings. The first-order valence-electron chi connectivity index (χ1n) is 6.22. The van der Waals surface area contributed by atoms with Crippen LogP contribution in [0.15, 0.2) is 54.6 Å². The summed E-state index contributed by atoms with van der Waals surface area (Å²) in [5.41, 5.74) is 0.699.